The number of hydrogen-bond acceptors (Lipinski definition) is 3. The summed E-state index contributed by atoms with van der Waals surface area (Å²) in [5.41, 5.74) is 0.660. The summed E-state index contributed by atoms with van der Waals surface area (Å²) >= 11 is 0. The number of nitrogens with zero attached hydrogens (tertiary/aromatic N) is 2. The van der Waals surface area contributed by atoms with E-state index in [4.69, 9.17) is 0 Å². The number of carbonyl (C=O) groups excluding carboxylic acids is 1. The number of phenols is 1. The average Bonchev–Trinajstić information content (AvgIpc) is 2.74. The lowest BCUT2D eigenvalue weighted by molar-refractivity contribution is -0.119. The maximum atomic E-state index is 11.7. The molecule has 0 aliphatic heterocycles. The third-order valence-corrected chi connectivity index (χ3v) is 2.30. The molecule has 82 valence electrons. The number of Topliss-reactive ketones (excluding diaryl/α,β-unsaturated/α-hetero) is 1. The molecule has 0 amide bonds. The lowest BCUT2D eigenvalue weighted by atomic mass is 10.1. The van der Waals surface area contributed by atoms with Gasteiger partial charge in [0.1, 0.15) is 5.75 Å². The second kappa shape index (κ2) is 4.61. The van der Waals surface area contributed by atoms with Gasteiger partial charge < -0.3 is 9.67 Å². The number of benzene rings is 1. The fourth-order valence-electron chi connectivity index (χ4n) is 1.51. The lowest BCUT2D eigenvalue weighted by Crippen LogP contribution is -2.11. The number of carbonyl (C=O) groups is 1. The third kappa shape index (κ3) is 2.48. The Hall–Kier alpha value is -2.10. The quantitative estimate of drug-likeness (QED) is 0.840. The molecule has 4 heteroatoms. The van der Waals surface area contributed by atoms with Crippen LogP contribution in [-0.2, 0) is 17.8 Å². The summed E-state index contributed by atoms with van der Waals surface area (Å²) in [5.74, 6) is 0.209. The molecular weight excluding hydrogens is 204 g/mol. The van der Waals surface area contributed by atoms with E-state index in [1.807, 2.05) is 0 Å². The van der Waals surface area contributed by atoms with Crippen molar-refractivity contribution in [1.82, 2.24) is 9.55 Å². The minimum absolute atomic E-state index is 0.0412. The van der Waals surface area contributed by atoms with E-state index in [1.54, 1.807) is 47.6 Å². The number of phenolic OH excluding ortho intramolecular Hbond substituents is 1. The zero-order chi connectivity index (χ0) is 11.4. The van der Waals surface area contributed by atoms with E-state index in [1.165, 1.54) is 0 Å². The first-order valence-electron chi connectivity index (χ1n) is 5.00. The van der Waals surface area contributed by atoms with Gasteiger partial charge in [0, 0.05) is 24.4 Å². The Morgan fingerprint density at radius 2 is 2.19 bits per heavy atom. The number of hydrogen-bond donors (Lipinski definition) is 1. The van der Waals surface area contributed by atoms with Crippen LogP contribution < -0.4 is 0 Å². The molecule has 0 aliphatic carbocycles. The molecule has 0 fully saturated rings. The summed E-state index contributed by atoms with van der Waals surface area (Å²) in [4.78, 5) is 15.5. The van der Waals surface area contributed by atoms with E-state index >= 15 is 0 Å². The Morgan fingerprint density at radius 3 is 2.88 bits per heavy atom. The normalized spacial score (nSPS) is 10.2. The number of imidazole rings is 1. The zero-order valence-electron chi connectivity index (χ0n) is 8.71. The highest BCUT2D eigenvalue weighted by atomic mass is 16.3. The number of aromatic nitrogens is 2. The van der Waals surface area contributed by atoms with Crippen molar-refractivity contribution in [3.05, 3.63) is 48.5 Å². The van der Waals surface area contributed by atoms with Crippen molar-refractivity contribution in [2.45, 2.75) is 13.0 Å². The number of rotatable bonds is 4. The van der Waals surface area contributed by atoms with Crippen LogP contribution in [0.4, 0.5) is 0 Å². The molecular formula is C12H12N2O2. The monoisotopic (exact) mass is 216 g/mol. The molecule has 0 atom stereocenters. The maximum absolute atomic E-state index is 11.7. The Bertz CT molecular complexity index is 478. The first-order chi connectivity index (χ1) is 7.75. The molecule has 1 N–H and O–H groups in total. The fraction of sp³-hybridized carbons (Fsp3) is 0.167. The van der Waals surface area contributed by atoms with E-state index in [2.05, 4.69) is 4.98 Å². The third-order valence-electron chi connectivity index (χ3n) is 2.30. The maximum Gasteiger partial charge on any atom is 0.157 e. The van der Waals surface area contributed by atoms with Crippen molar-refractivity contribution in [2.75, 3.05) is 0 Å². The fourth-order valence-corrected chi connectivity index (χ4v) is 1.51. The molecule has 1 heterocycles. The van der Waals surface area contributed by atoms with Gasteiger partial charge in [-0.05, 0) is 6.07 Å². The van der Waals surface area contributed by atoms with Gasteiger partial charge in [-0.2, -0.15) is 0 Å². The van der Waals surface area contributed by atoms with Crippen LogP contribution >= 0.6 is 0 Å². The summed E-state index contributed by atoms with van der Waals surface area (Å²) in [6, 6.07) is 6.87. The molecule has 4 nitrogen and oxygen atoms in total. The smallest absolute Gasteiger partial charge is 0.157 e. The van der Waals surface area contributed by atoms with Crippen LogP contribution in [0.5, 0.6) is 5.75 Å². The number of ketones is 1. The molecule has 0 unspecified atom stereocenters. The molecule has 16 heavy (non-hydrogen) atoms. The summed E-state index contributed by atoms with van der Waals surface area (Å²) < 4.78 is 1.71. The van der Waals surface area contributed by atoms with E-state index in [-0.39, 0.29) is 24.5 Å². The molecule has 2 rings (SSSR count). The first-order valence-corrected chi connectivity index (χ1v) is 5.00. The van der Waals surface area contributed by atoms with Crippen LogP contribution in [0.2, 0.25) is 0 Å². The van der Waals surface area contributed by atoms with Gasteiger partial charge in [0.15, 0.2) is 5.78 Å². The van der Waals surface area contributed by atoms with Crippen molar-refractivity contribution in [3.63, 3.8) is 0 Å². The Kier molecular flexibility index (Phi) is 3.00. The van der Waals surface area contributed by atoms with Gasteiger partial charge in [0.05, 0.1) is 12.9 Å². The number of para-hydroxylation sites is 1. The van der Waals surface area contributed by atoms with Crippen LogP contribution in [0.3, 0.4) is 0 Å². The molecule has 1 aromatic heterocycles. The van der Waals surface area contributed by atoms with Gasteiger partial charge in [-0.1, -0.05) is 18.2 Å². The van der Waals surface area contributed by atoms with Gasteiger partial charge in [-0.15, -0.1) is 0 Å². The second-order valence-corrected chi connectivity index (χ2v) is 3.58. The minimum atomic E-state index is 0.0412. The molecule has 0 radical (unpaired) electrons. The lowest BCUT2D eigenvalue weighted by Gasteiger charge is -2.04. The van der Waals surface area contributed by atoms with Crippen molar-refractivity contribution in [1.29, 1.82) is 0 Å². The summed E-state index contributed by atoms with van der Waals surface area (Å²) in [6.45, 7) is 0.286. The minimum Gasteiger partial charge on any atom is -0.508 e. The topological polar surface area (TPSA) is 55.1 Å². The highest BCUT2D eigenvalue weighted by Gasteiger charge is 2.07. The van der Waals surface area contributed by atoms with Crippen LogP contribution in [0.1, 0.15) is 5.56 Å². The van der Waals surface area contributed by atoms with Gasteiger partial charge in [-0.3, -0.25) is 4.79 Å². The van der Waals surface area contributed by atoms with Crippen LogP contribution in [0, 0.1) is 0 Å². The van der Waals surface area contributed by atoms with Crippen LogP contribution in [-0.4, -0.2) is 20.4 Å². The van der Waals surface area contributed by atoms with Crippen molar-refractivity contribution >= 4 is 5.78 Å². The van der Waals surface area contributed by atoms with Gasteiger partial charge in [0.25, 0.3) is 0 Å². The van der Waals surface area contributed by atoms with Crippen molar-refractivity contribution < 1.29 is 9.90 Å². The number of aromatic hydroxyl groups is 1. The zero-order valence-corrected chi connectivity index (χ0v) is 8.71. The van der Waals surface area contributed by atoms with Gasteiger partial charge in [-0.25, -0.2) is 4.98 Å². The standard InChI is InChI=1S/C12H12N2O2/c15-11(8-14-6-5-13-9-14)7-10-3-1-2-4-12(10)16/h1-6,9,16H,7-8H2. The van der Waals surface area contributed by atoms with Crippen LogP contribution in [0.15, 0.2) is 43.0 Å². The Labute approximate surface area is 93.2 Å². The van der Waals surface area contributed by atoms with E-state index < -0.39 is 0 Å². The van der Waals surface area contributed by atoms with E-state index in [9.17, 15) is 9.90 Å². The highest BCUT2D eigenvalue weighted by Crippen LogP contribution is 2.16. The average molecular weight is 216 g/mol. The Balaban J connectivity index is 2.00. The molecule has 0 aliphatic rings. The van der Waals surface area contributed by atoms with E-state index in [0.717, 1.165) is 0 Å². The van der Waals surface area contributed by atoms with Crippen molar-refractivity contribution in [3.8, 4) is 5.75 Å². The molecule has 0 bridgehead atoms. The van der Waals surface area contributed by atoms with E-state index in [0.29, 0.717) is 5.56 Å². The molecule has 0 spiro atoms. The molecule has 1 aromatic carbocycles. The second-order valence-electron chi connectivity index (χ2n) is 3.58. The first kappa shape index (κ1) is 10.4. The van der Waals surface area contributed by atoms with Gasteiger partial charge in [0.2, 0.25) is 0 Å². The van der Waals surface area contributed by atoms with Gasteiger partial charge >= 0.3 is 0 Å². The Morgan fingerprint density at radius 1 is 1.38 bits per heavy atom. The van der Waals surface area contributed by atoms with Crippen LogP contribution in [0.25, 0.3) is 0 Å². The molecule has 2 aromatic rings. The summed E-state index contributed by atoms with van der Waals surface area (Å²) in [7, 11) is 0. The molecule has 0 saturated carbocycles. The van der Waals surface area contributed by atoms with Crippen molar-refractivity contribution in [2.24, 2.45) is 0 Å². The summed E-state index contributed by atoms with van der Waals surface area (Å²) in [6.07, 6.45) is 5.21. The summed E-state index contributed by atoms with van der Waals surface area (Å²) in [5, 5.41) is 9.51. The largest absolute Gasteiger partial charge is 0.508 e. The predicted octanol–water partition coefficient (Wildman–Crippen LogP) is 1.40. The highest BCUT2D eigenvalue weighted by molar-refractivity contribution is 5.81. The SMILES string of the molecule is O=C(Cc1ccccc1O)Cn1ccnc1. The predicted molar refractivity (Wildman–Crippen MR) is 59.0 cm³/mol. The molecule has 0 saturated heterocycles.